The van der Waals surface area contributed by atoms with Crippen LogP contribution in [-0.4, -0.2) is 83.5 Å². The molecule has 0 aliphatic carbocycles. The second-order valence-corrected chi connectivity index (χ2v) is 8.54. The number of aromatic nitrogens is 2. The predicted molar refractivity (Wildman–Crippen MR) is 126 cm³/mol. The van der Waals surface area contributed by atoms with Gasteiger partial charge in [-0.15, -0.1) is 0 Å². The van der Waals surface area contributed by atoms with Gasteiger partial charge < -0.3 is 24.6 Å². The van der Waals surface area contributed by atoms with Gasteiger partial charge in [0.2, 0.25) is 5.91 Å². The number of hydrogen-bond acceptors (Lipinski definition) is 7. The van der Waals surface area contributed by atoms with E-state index in [9.17, 15) is 14.4 Å². The monoisotopic (exact) mass is 469 g/mol. The summed E-state index contributed by atoms with van der Waals surface area (Å²) in [7, 11) is 3.30. The Morgan fingerprint density at radius 3 is 2.62 bits per heavy atom. The van der Waals surface area contributed by atoms with Crippen LogP contribution < -0.4 is 10.1 Å². The fraction of sp³-hybridized carbons (Fsp3) is 0.458. The molecule has 182 valence electrons. The maximum absolute atomic E-state index is 13.3. The van der Waals surface area contributed by atoms with Gasteiger partial charge in [-0.3, -0.25) is 19.4 Å². The number of methoxy groups -OCH3 is 1. The molecule has 0 radical (unpaired) electrons. The molecule has 0 spiro atoms. The van der Waals surface area contributed by atoms with Crippen molar-refractivity contribution in [2.24, 2.45) is 5.92 Å². The molecular weight excluding hydrogens is 438 g/mol. The molecule has 3 rings (SSSR count). The van der Waals surface area contributed by atoms with Crippen LogP contribution in [0, 0.1) is 5.92 Å². The molecule has 2 aromatic rings. The minimum absolute atomic E-state index is 0.0793. The summed E-state index contributed by atoms with van der Waals surface area (Å²) in [6.45, 7) is 6.09. The molecule has 1 aliphatic heterocycles. The molecule has 0 saturated carbocycles. The average molecular weight is 470 g/mol. The number of rotatable bonds is 3. The highest BCUT2D eigenvalue weighted by atomic mass is 16.5. The van der Waals surface area contributed by atoms with E-state index in [1.165, 1.54) is 25.5 Å². The molecule has 2 heterocycles. The van der Waals surface area contributed by atoms with Crippen LogP contribution >= 0.6 is 0 Å². The van der Waals surface area contributed by atoms with E-state index >= 15 is 0 Å². The Balaban J connectivity index is 2.00. The minimum atomic E-state index is -0.348. The van der Waals surface area contributed by atoms with Gasteiger partial charge in [-0.05, 0) is 19.1 Å². The second kappa shape index (κ2) is 11.1. The number of nitrogens with zero attached hydrogens (tertiary/aromatic N) is 4. The summed E-state index contributed by atoms with van der Waals surface area (Å²) in [4.78, 5) is 49.5. The van der Waals surface area contributed by atoms with E-state index in [2.05, 4.69) is 15.3 Å². The van der Waals surface area contributed by atoms with Crippen LogP contribution in [0.5, 0.6) is 5.75 Å². The first-order valence-electron chi connectivity index (χ1n) is 11.1. The summed E-state index contributed by atoms with van der Waals surface area (Å²) >= 11 is 0. The van der Waals surface area contributed by atoms with Gasteiger partial charge in [0.15, 0.2) is 0 Å². The van der Waals surface area contributed by atoms with Gasteiger partial charge in [0.1, 0.15) is 18.1 Å². The Kier molecular flexibility index (Phi) is 8.17. The van der Waals surface area contributed by atoms with Crippen LogP contribution in [0.3, 0.4) is 0 Å². The van der Waals surface area contributed by atoms with Gasteiger partial charge in [0, 0.05) is 64.2 Å². The fourth-order valence-corrected chi connectivity index (χ4v) is 3.89. The van der Waals surface area contributed by atoms with Crippen molar-refractivity contribution in [1.29, 1.82) is 0 Å². The first-order chi connectivity index (χ1) is 16.2. The van der Waals surface area contributed by atoms with Crippen molar-refractivity contribution < 1.29 is 23.9 Å². The average Bonchev–Trinajstić information content (AvgIpc) is 2.82. The summed E-state index contributed by atoms with van der Waals surface area (Å²) in [6.07, 6.45) is 4.12. The Hall–Kier alpha value is -3.53. The van der Waals surface area contributed by atoms with Gasteiger partial charge in [0.25, 0.3) is 11.8 Å². The molecule has 1 N–H and O–H groups in total. The maximum Gasteiger partial charge on any atom is 0.274 e. The third-order valence-electron chi connectivity index (χ3n) is 5.81. The Bertz CT molecular complexity index is 1030. The molecule has 34 heavy (non-hydrogen) atoms. The molecule has 10 nitrogen and oxygen atoms in total. The number of fused-ring (bicyclic) bond motifs is 1. The molecule has 10 heteroatoms. The number of ether oxygens (including phenoxy) is 2. The van der Waals surface area contributed by atoms with E-state index in [1.807, 2.05) is 13.8 Å². The predicted octanol–water partition coefficient (Wildman–Crippen LogP) is 2.08. The Morgan fingerprint density at radius 1 is 1.21 bits per heavy atom. The molecule has 1 aromatic heterocycles. The first kappa shape index (κ1) is 25.1. The SMILES string of the molecule is CO[C@H]1CN(C)C(=O)c2ccc(NC(C)=O)cc2OC[C@H](C)N(C(=O)c2cnccn2)C[C@H]1C. The molecular formula is C24H31N5O5. The smallest absolute Gasteiger partial charge is 0.274 e. The third-order valence-corrected chi connectivity index (χ3v) is 5.81. The summed E-state index contributed by atoms with van der Waals surface area (Å²) in [5, 5.41) is 2.71. The van der Waals surface area contributed by atoms with Crippen molar-refractivity contribution in [1.82, 2.24) is 19.8 Å². The third kappa shape index (κ3) is 5.88. The summed E-state index contributed by atoms with van der Waals surface area (Å²) in [6, 6.07) is 4.56. The topological polar surface area (TPSA) is 114 Å². The molecule has 3 atom stereocenters. The normalized spacial score (nSPS) is 21.6. The second-order valence-electron chi connectivity index (χ2n) is 8.54. The van der Waals surface area contributed by atoms with E-state index in [0.29, 0.717) is 30.1 Å². The van der Waals surface area contributed by atoms with Gasteiger partial charge >= 0.3 is 0 Å². The quantitative estimate of drug-likeness (QED) is 0.732. The Labute approximate surface area is 199 Å². The van der Waals surface area contributed by atoms with Crippen molar-refractivity contribution in [3.05, 3.63) is 48.0 Å². The lowest BCUT2D eigenvalue weighted by Crippen LogP contribution is -2.48. The van der Waals surface area contributed by atoms with Crippen molar-refractivity contribution >= 4 is 23.4 Å². The highest BCUT2D eigenvalue weighted by Gasteiger charge is 2.31. The van der Waals surface area contributed by atoms with Crippen molar-refractivity contribution in [2.45, 2.75) is 32.9 Å². The number of benzene rings is 1. The highest BCUT2D eigenvalue weighted by molar-refractivity contribution is 5.98. The van der Waals surface area contributed by atoms with Crippen molar-refractivity contribution in [2.75, 3.05) is 39.2 Å². The van der Waals surface area contributed by atoms with Gasteiger partial charge in [-0.1, -0.05) is 6.92 Å². The number of anilines is 1. The number of hydrogen-bond donors (Lipinski definition) is 1. The summed E-state index contributed by atoms with van der Waals surface area (Å²) in [5.41, 5.74) is 1.11. The lowest BCUT2D eigenvalue weighted by molar-refractivity contribution is -0.114. The lowest BCUT2D eigenvalue weighted by Gasteiger charge is -2.35. The maximum atomic E-state index is 13.3. The zero-order chi connectivity index (χ0) is 24.8. The number of likely N-dealkylation sites (N-methyl/N-ethyl adjacent to an activating group) is 1. The minimum Gasteiger partial charge on any atom is -0.491 e. The van der Waals surface area contributed by atoms with Crippen molar-refractivity contribution in [3.63, 3.8) is 0 Å². The molecule has 0 fully saturated rings. The standard InChI is InChI=1S/C24H31N5O5/c1-15-12-29(24(32)20-11-25-8-9-26-20)16(2)14-34-21-10-18(27-17(3)30)6-7-19(21)23(31)28(4)13-22(15)33-5/h6-11,15-16,22H,12-14H2,1-5H3,(H,27,30)/t15-,16+,22+/m1/s1. The zero-order valence-corrected chi connectivity index (χ0v) is 20.1. The van der Waals surface area contributed by atoms with Crippen LogP contribution in [0.25, 0.3) is 0 Å². The molecule has 0 saturated heterocycles. The highest BCUT2D eigenvalue weighted by Crippen LogP contribution is 2.27. The molecule has 1 aliphatic rings. The van der Waals surface area contributed by atoms with Crippen molar-refractivity contribution in [3.8, 4) is 5.75 Å². The molecule has 1 aromatic carbocycles. The van der Waals surface area contributed by atoms with E-state index < -0.39 is 0 Å². The number of carbonyl (C=O) groups excluding carboxylic acids is 3. The van der Waals surface area contributed by atoms with Gasteiger partial charge in [-0.25, -0.2) is 4.98 Å². The van der Waals surface area contributed by atoms with Crippen LogP contribution in [0.4, 0.5) is 5.69 Å². The van der Waals surface area contributed by atoms with E-state index in [4.69, 9.17) is 9.47 Å². The summed E-state index contributed by atoms with van der Waals surface area (Å²) < 4.78 is 11.8. The summed E-state index contributed by atoms with van der Waals surface area (Å²) in [5.74, 6) is -0.477. The number of amides is 3. The number of carbonyl (C=O) groups is 3. The van der Waals surface area contributed by atoms with Crippen LogP contribution in [0.15, 0.2) is 36.8 Å². The number of nitrogens with one attached hydrogen (secondary N) is 1. The molecule has 0 bridgehead atoms. The fourth-order valence-electron chi connectivity index (χ4n) is 3.89. The van der Waals surface area contributed by atoms with Gasteiger partial charge in [0.05, 0.1) is 23.9 Å². The first-order valence-corrected chi connectivity index (χ1v) is 11.1. The largest absolute Gasteiger partial charge is 0.491 e. The van der Waals surface area contributed by atoms with Crippen LogP contribution in [0.1, 0.15) is 41.6 Å². The van der Waals surface area contributed by atoms with E-state index in [1.54, 1.807) is 42.2 Å². The van der Waals surface area contributed by atoms with Gasteiger partial charge in [-0.2, -0.15) is 0 Å². The zero-order valence-electron chi connectivity index (χ0n) is 20.1. The van der Waals surface area contributed by atoms with Crippen LogP contribution in [0.2, 0.25) is 0 Å². The van der Waals surface area contributed by atoms with Crippen LogP contribution in [-0.2, 0) is 9.53 Å². The molecule has 3 amide bonds. The molecule has 0 unspecified atom stereocenters. The van der Waals surface area contributed by atoms with E-state index in [0.717, 1.165) is 0 Å². The Morgan fingerprint density at radius 2 is 1.97 bits per heavy atom. The lowest BCUT2D eigenvalue weighted by atomic mass is 10.0. The van der Waals surface area contributed by atoms with E-state index in [-0.39, 0.29) is 48.1 Å².